The van der Waals surface area contributed by atoms with E-state index in [-0.39, 0.29) is 0 Å². The van der Waals surface area contributed by atoms with E-state index in [9.17, 15) is 9.90 Å². The minimum absolute atomic E-state index is 0.690. The molecule has 0 aliphatic rings. The number of carboxylic acid groups (broad SMARTS) is 1. The molecule has 0 saturated carbocycles. The molecule has 2 rings (SSSR count). The van der Waals surface area contributed by atoms with Crippen LogP contribution in [-0.2, 0) is 4.79 Å². The molecule has 0 amide bonds. The summed E-state index contributed by atoms with van der Waals surface area (Å²) in [7, 11) is 0. The second kappa shape index (κ2) is 5.23. The first-order valence-electron chi connectivity index (χ1n) is 5.69. The van der Waals surface area contributed by atoms with E-state index in [0.29, 0.717) is 0 Å². The van der Waals surface area contributed by atoms with Crippen molar-refractivity contribution in [1.29, 1.82) is 0 Å². The lowest BCUT2D eigenvalue weighted by Gasteiger charge is -2.16. The lowest BCUT2D eigenvalue weighted by Crippen LogP contribution is -2.19. The first-order valence-corrected chi connectivity index (χ1v) is 6.51. The molecular formula is C14H15NO2S. The van der Waals surface area contributed by atoms with Crippen molar-refractivity contribution in [3.8, 4) is 0 Å². The Balaban J connectivity index is 2.28. The molecule has 1 aromatic heterocycles. The molecule has 2 aromatic rings. The highest BCUT2D eigenvalue weighted by molar-refractivity contribution is 7.12. The first kappa shape index (κ1) is 12.6. The van der Waals surface area contributed by atoms with Gasteiger partial charge in [-0.15, -0.1) is 11.3 Å². The van der Waals surface area contributed by atoms with Gasteiger partial charge in [0.05, 0.1) is 0 Å². The number of benzene rings is 1. The van der Waals surface area contributed by atoms with Crippen molar-refractivity contribution in [3.63, 3.8) is 0 Å². The number of aliphatic carboxylic acids is 1. The van der Waals surface area contributed by atoms with E-state index < -0.39 is 12.0 Å². The highest BCUT2D eigenvalue weighted by Crippen LogP contribution is 2.27. The van der Waals surface area contributed by atoms with E-state index >= 15 is 0 Å². The summed E-state index contributed by atoms with van der Waals surface area (Å²) in [4.78, 5) is 13.3. The molecule has 1 heterocycles. The van der Waals surface area contributed by atoms with Gasteiger partial charge in [-0.05, 0) is 37.6 Å². The fourth-order valence-electron chi connectivity index (χ4n) is 1.75. The van der Waals surface area contributed by atoms with E-state index in [0.717, 1.165) is 21.0 Å². The Kier molecular flexibility index (Phi) is 3.67. The van der Waals surface area contributed by atoms with Crippen molar-refractivity contribution in [2.24, 2.45) is 0 Å². The van der Waals surface area contributed by atoms with Crippen LogP contribution in [0.4, 0.5) is 5.69 Å². The van der Waals surface area contributed by atoms with Crippen LogP contribution in [0.15, 0.2) is 36.4 Å². The van der Waals surface area contributed by atoms with Gasteiger partial charge in [0.15, 0.2) is 6.04 Å². The predicted molar refractivity (Wildman–Crippen MR) is 74.2 cm³/mol. The SMILES string of the molecule is Cc1ccc(C(Nc2ccccc2C)C(=O)O)s1. The summed E-state index contributed by atoms with van der Waals surface area (Å²) < 4.78 is 0. The van der Waals surface area contributed by atoms with Gasteiger partial charge in [0.25, 0.3) is 0 Å². The summed E-state index contributed by atoms with van der Waals surface area (Å²) in [5, 5.41) is 12.4. The molecule has 1 unspecified atom stereocenters. The van der Waals surface area contributed by atoms with Crippen LogP contribution >= 0.6 is 11.3 Å². The van der Waals surface area contributed by atoms with Gasteiger partial charge in [-0.3, -0.25) is 0 Å². The van der Waals surface area contributed by atoms with Crippen LogP contribution in [0.2, 0.25) is 0 Å². The molecule has 4 heteroatoms. The zero-order valence-corrected chi connectivity index (χ0v) is 11.1. The average Bonchev–Trinajstić information content (AvgIpc) is 2.74. The van der Waals surface area contributed by atoms with Crippen molar-refractivity contribution in [1.82, 2.24) is 0 Å². The van der Waals surface area contributed by atoms with Gasteiger partial charge in [-0.25, -0.2) is 4.79 Å². The third kappa shape index (κ3) is 2.71. The largest absolute Gasteiger partial charge is 0.479 e. The van der Waals surface area contributed by atoms with Crippen LogP contribution in [0.1, 0.15) is 21.4 Å². The number of hydrogen-bond donors (Lipinski definition) is 2. The molecule has 0 radical (unpaired) electrons. The van der Waals surface area contributed by atoms with Crippen LogP contribution in [0, 0.1) is 13.8 Å². The average molecular weight is 261 g/mol. The third-order valence-corrected chi connectivity index (χ3v) is 3.80. The Hall–Kier alpha value is -1.81. The summed E-state index contributed by atoms with van der Waals surface area (Å²) >= 11 is 1.51. The van der Waals surface area contributed by atoms with E-state index in [2.05, 4.69) is 5.32 Å². The van der Waals surface area contributed by atoms with Crippen molar-refractivity contribution in [2.45, 2.75) is 19.9 Å². The van der Waals surface area contributed by atoms with E-state index in [1.54, 1.807) is 0 Å². The molecule has 2 N–H and O–H groups in total. The van der Waals surface area contributed by atoms with Gasteiger partial charge in [-0.2, -0.15) is 0 Å². The minimum atomic E-state index is -0.861. The number of anilines is 1. The van der Waals surface area contributed by atoms with Gasteiger partial charge in [0.2, 0.25) is 0 Å². The highest BCUT2D eigenvalue weighted by Gasteiger charge is 2.21. The van der Waals surface area contributed by atoms with Gasteiger partial charge in [0.1, 0.15) is 0 Å². The van der Waals surface area contributed by atoms with E-state index in [1.807, 2.05) is 50.2 Å². The van der Waals surface area contributed by atoms with Crippen LogP contribution < -0.4 is 5.32 Å². The highest BCUT2D eigenvalue weighted by atomic mass is 32.1. The number of carboxylic acids is 1. The van der Waals surface area contributed by atoms with Crippen molar-refractivity contribution in [3.05, 3.63) is 51.7 Å². The Bertz CT molecular complexity index is 562. The smallest absolute Gasteiger partial charge is 0.331 e. The molecule has 0 aliphatic carbocycles. The molecule has 0 bridgehead atoms. The standard InChI is InChI=1S/C14H15NO2S/c1-9-5-3-4-6-11(9)15-13(14(16)17)12-8-7-10(2)18-12/h3-8,13,15H,1-2H3,(H,16,17). The van der Waals surface area contributed by atoms with Crippen molar-refractivity contribution >= 4 is 23.0 Å². The maximum Gasteiger partial charge on any atom is 0.331 e. The van der Waals surface area contributed by atoms with E-state index in [4.69, 9.17) is 0 Å². The summed E-state index contributed by atoms with van der Waals surface area (Å²) in [6.45, 7) is 3.93. The Morgan fingerprint density at radius 2 is 1.94 bits per heavy atom. The lowest BCUT2D eigenvalue weighted by molar-refractivity contribution is -0.138. The van der Waals surface area contributed by atoms with Crippen LogP contribution in [-0.4, -0.2) is 11.1 Å². The summed E-state index contributed by atoms with van der Waals surface area (Å²) in [5.41, 5.74) is 1.90. The molecule has 1 atom stereocenters. The number of rotatable bonds is 4. The van der Waals surface area contributed by atoms with Gasteiger partial charge in [-0.1, -0.05) is 18.2 Å². The quantitative estimate of drug-likeness (QED) is 0.884. The van der Waals surface area contributed by atoms with Gasteiger partial charge in [0, 0.05) is 15.4 Å². The Morgan fingerprint density at radius 1 is 1.22 bits per heavy atom. The van der Waals surface area contributed by atoms with Crippen molar-refractivity contribution < 1.29 is 9.90 Å². The fourth-order valence-corrected chi connectivity index (χ4v) is 2.68. The molecule has 18 heavy (non-hydrogen) atoms. The summed E-state index contributed by atoms with van der Waals surface area (Å²) in [6.07, 6.45) is 0. The Morgan fingerprint density at radius 3 is 2.50 bits per heavy atom. The number of hydrogen-bond acceptors (Lipinski definition) is 3. The zero-order chi connectivity index (χ0) is 13.1. The second-order valence-electron chi connectivity index (χ2n) is 4.18. The minimum Gasteiger partial charge on any atom is -0.479 e. The van der Waals surface area contributed by atoms with Gasteiger partial charge >= 0.3 is 5.97 Å². The molecule has 3 nitrogen and oxygen atoms in total. The fraction of sp³-hybridized carbons (Fsp3) is 0.214. The molecule has 0 aliphatic heterocycles. The van der Waals surface area contributed by atoms with Crippen molar-refractivity contribution in [2.75, 3.05) is 5.32 Å². The number of aryl methyl sites for hydroxylation is 2. The lowest BCUT2D eigenvalue weighted by atomic mass is 10.1. The first-order chi connectivity index (χ1) is 8.58. The molecule has 1 aromatic carbocycles. The topological polar surface area (TPSA) is 49.3 Å². The maximum absolute atomic E-state index is 11.4. The molecule has 0 fully saturated rings. The zero-order valence-electron chi connectivity index (χ0n) is 10.3. The number of nitrogens with one attached hydrogen (secondary N) is 1. The van der Waals surface area contributed by atoms with Crippen LogP contribution in [0.25, 0.3) is 0 Å². The Labute approximate surface area is 110 Å². The molecule has 0 spiro atoms. The molecular weight excluding hydrogens is 246 g/mol. The van der Waals surface area contributed by atoms with E-state index in [1.165, 1.54) is 11.3 Å². The normalized spacial score (nSPS) is 12.1. The predicted octanol–water partition coefficient (Wildman–Crippen LogP) is 3.60. The number of carbonyl (C=O) groups is 1. The summed E-state index contributed by atoms with van der Waals surface area (Å²) in [6, 6.07) is 10.8. The third-order valence-electron chi connectivity index (χ3n) is 2.74. The number of para-hydroxylation sites is 1. The van der Waals surface area contributed by atoms with Crippen LogP contribution in [0.3, 0.4) is 0 Å². The molecule has 0 saturated heterocycles. The summed E-state index contributed by atoms with van der Waals surface area (Å²) in [5.74, 6) is -0.861. The maximum atomic E-state index is 11.4. The van der Waals surface area contributed by atoms with Crippen LogP contribution in [0.5, 0.6) is 0 Å². The van der Waals surface area contributed by atoms with Gasteiger partial charge < -0.3 is 10.4 Å². The molecule has 94 valence electrons. The monoisotopic (exact) mass is 261 g/mol. The second-order valence-corrected chi connectivity index (χ2v) is 5.50. The number of thiophene rings is 1.